The van der Waals surface area contributed by atoms with Crippen molar-refractivity contribution in [2.24, 2.45) is 0 Å². The maximum Gasteiger partial charge on any atom is 0.265 e. The summed E-state index contributed by atoms with van der Waals surface area (Å²) in [7, 11) is 0. The first-order chi connectivity index (χ1) is 14.8. The fourth-order valence-corrected chi connectivity index (χ4v) is 7.51. The van der Waals surface area contributed by atoms with E-state index < -0.39 is 5.66 Å². The zero-order chi connectivity index (χ0) is 21.5. The SMILES string of the molecule is CC1(C)Cc2c(c(N3CCOCC3)nc3sc4c(c23)N2C(=O)CCC2(C)NC4=O)CS1. The molecule has 2 fully saturated rings. The highest BCUT2D eigenvalue weighted by Crippen LogP contribution is 2.52. The maximum absolute atomic E-state index is 13.1. The standard InChI is InChI=1S/C22H26N4O3S2/c1-21(2)10-12-13(11-30-21)18(25-6-8-29-9-7-25)23-20-15(12)16-17(31-20)19(28)24-22(3)5-4-14(27)26(16)22/h4-11H2,1-3H3,(H,24,28). The zero-order valence-corrected chi connectivity index (χ0v) is 19.7. The number of carbonyl (C=O) groups excluding carboxylic acids is 2. The van der Waals surface area contributed by atoms with Crippen LogP contribution in [0, 0.1) is 0 Å². The van der Waals surface area contributed by atoms with E-state index >= 15 is 0 Å². The van der Waals surface area contributed by atoms with E-state index in [9.17, 15) is 9.59 Å². The van der Waals surface area contributed by atoms with E-state index in [1.165, 1.54) is 22.5 Å². The Morgan fingerprint density at radius 1 is 1.13 bits per heavy atom. The van der Waals surface area contributed by atoms with Crippen molar-refractivity contribution in [3.05, 3.63) is 16.0 Å². The van der Waals surface area contributed by atoms with Crippen LogP contribution in [0.15, 0.2) is 0 Å². The van der Waals surface area contributed by atoms with Gasteiger partial charge in [-0.1, -0.05) is 13.8 Å². The number of amides is 2. The number of morpholine rings is 1. The second-order valence-corrected chi connectivity index (χ2v) is 12.3. The molecule has 1 N–H and O–H groups in total. The summed E-state index contributed by atoms with van der Waals surface area (Å²) >= 11 is 3.38. The van der Waals surface area contributed by atoms with E-state index in [1.807, 2.05) is 23.6 Å². The molecule has 0 aromatic carbocycles. The first-order valence-electron chi connectivity index (χ1n) is 10.9. The van der Waals surface area contributed by atoms with Crippen LogP contribution < -0.4 is 15.1 Å². The normalized spacial score (nSPS) is 27.2. The molecule has 164 valence electrons. The van der Waals surface area contributed by atoms with Crippen molar-refractivity contribution >= 4 is 56.6 Å². The third-order valence-corrected chi connectivity index (χ3v) is 9.34. The molecule has 0 aliphatic carbocycles. The van der Waals surface area contributed by atoms with Crippen LogP contribution in [0.5, 0.6) is 0 Å². The Bertz CT molecular complexity index is 1140. The number of nitrogens with zero attached hydrogens (tertiary/aromatic N) is 3. The molecule has 4 aliphatic heterocycles. The maximum atomic E-state index is 13.1. The number of pyridine rings is 1. The molecule has 2 amide bonds. The number of hydrogen-bond donors (Lipinski definition) is 1. The number of thiophene rings is 1. The topological polar surface area (TPSA) is 74.8 Å². The summed E-state index contributed by atoms with van der Waals surface area (Å²) in [5, 5.41) is 4.12. The number of ether oxygens (including phenoxy) is 1. The number of rotatable bonds is 1. The van der Waals surface area contributed by atoms with E-state index in [0.717, 1.165) is 47.0 Å². The van der Waals surface area contributed by atoms with Gasteiger partial charge in [0.05, 0.1) is 18.9 Å². The molecule has 1 atom stereocenters. The molecule has 6 rings (SSSR count). The van der Waals surface area contributed by atoms with Gasteiger partial charge < -0.3 is 15.0 Å². The Balaban J connectivity index is 1.64. The molecule has 0 bridgehead atoms. The Morgan fingerprint density at radius 3 is 2.68 bits per heavy atom. The molecule has 31 heavy (non-hydrogen) atoms. The number of carbonyl (C=O) groups is 2. The molecular formula is C22H26N4O3S2. The van der Waals surface area contributed by atoms with Crippen LogP contribution in [-0.2, 0) is 21.7 Å². The quantitative estimate of drug-likeness (QED) is 0.707. The summed E-state index contributed by atoms with van der Waals surface area (Å²) in [4.78, 5) is 36.8. The molecule has 2 aromatic rings. The average molecular weight is 459 g/mol. The third kappa shape index (κ3) is 2.85. The van der Waals surface area contributed by atoms with E-state index in [1.54, 1.807) is 0 Å². The highest BCUT2D eigenvalue weighted by molar-refractivity contribution is 7.99. The van der Waals surface area contributed by atoms with Gasteiger partial charge >= 0.3 is 0 Å². The third-order valence-electron chi connectivity index (χ3n) is 6.91. The lowest BCUT2D eigenvalue weighted by Gasteiger charge is -2.40. The lowest BCUT2D eigenvalue weighted by molar-refractivity contribution is -0.117. The van der Waals surface area contributed by atoms with Gasteiger partial charge in [-0.3, -0.25) is 14.5 Å². The Kier molecular flexibility index (Phi) is 4.21. The molecule has 4 aliphatic rings. The Morgan fingerprint density at radius 2 is 1.90 bits per heavy atom. The van der Waals surface area contributed by atoms with Crippen molar-refractivity contribution in [3.63, 3.8) is 0 Å². The number of hydrogen-bond acceptors (Lipinski definition) is 7. The van der Waals surface area contributed by atoms with Crippen LogP contribution >= 0.6 is 23.1 Å². The van der Waals surface area contributed by atoms with Gasteiger partial charge in [0.25, 0.3) is 5.91 Å². The van der Waals surface area contributed by atoms with Gasteiger partial charge in [-0.2, -0.15) is 11.8 Å². The van der Waals surface area contributed by atoms with E-state index in [2.05, 4.69) is 24.1 Å². The van der Waals surface area contributed by atoms with Crippen LogP contribution in [0.1, 0.15) is 54.4 Å². The van der Waals surface area contributed by atoms with Crippen molar-refractivity contribution in [1.82, 2.24) is 10.3 Å². The van der Waals surface area contributed by atoms with E-state index in [0.29, 0.717) is 30.9 Å². The summed E-state index contributed by atoms with van der Waals surface area (Å²) in [6, 6.07) is 0. The first-order valence-corrected chi connectivity index (χ1v) is 12.7. The number of anilines is 2. The minimum Gasteiger partial charge on any atom is -0.378 e. The number of aromatic nitrogens is 1. The molecule has 0 saturated carbocycles. The van der Waals surface area contributed by atoms with E-state index in [-0.39, 0.29) is 16.6 Å². The molecular weight excluding hydrogens is 432 g/mol. The van der Waals surface area contributed by atoms with Crippen LogP contribution in [0.3, 0.4) is 0 Å². The van der Waals surface area contributed by atoms with Crippen LogP contribution in [0.2, 0.25) is 0 Å². The van der Waals surface area contributed by atoms with Gasteiger partial charge in [-0.15, -0.1) is 11.3 Å². The van der Waals surface area contributed by atoms with Gasteiger partial charge in [0, 0.05) is 41.0 Å². The zero-order valence-electron chi connectivity index (χ0n) is 18.0. The Labute approximate surface area is 189 Å². The largest absolute Gasteiger partial charge is 0.378 e. The fraction of sp³-hybridized carbons (Fsp3) is 0.591. The predicted octanol–water partition coefficient (Wildman–Crippen LogP) is 3.29. The molecule has 7 nitrogen and oxygen atoms in total. The van der Waals surface area contributed by atoms with E-state index in [4.69, 9.17) is 9.72 Å². The summed E-state index contributed by atoms with van der Waals surface area (Å²) in [5.41, 5.74) is 2.68. The van der Waals surface area contributed by atoms with Gasteiger partial charge in [-0.05, 0) is 25.3 Å². The second kappa shape index (κ2) is 6.59. The molecule has 6 heterocycles. The molecule has 2 aromatic heterocycles. The number of nitrogens with one attached hydrogen (secondary N) is 1. The minimum atomic E-state index is -0.649. The summed E-state index contributed by atoms with van der Waals surface area (Å²) in [5.74, 6) is 1.92. The highest BCUT2D eigenvalue weighted by Gasteiger charge is 2.50. The van der Waals surface area contributed by atoms with Gasteiger partial charge in [0.2, 0.25) is 5.91 Å². The predicted molar refractivity (Wildman–Crippen MR) is 124 cm³/mol. The van der Waals surface area contributed by atoms with Gasteiger partial charge in [0.15, 0.2) is 0 Å². The Hall–Kier alpha value is -1.84. The number of fused-ring (bicyclic) bond motifs is 7. The molecule has 0 spiro atoms. The monoisotopic (exact) mass is 458 g/mol. The summed E-state index contributed by atoms with van der Waals surface area (Å²) in [6.07, 6.45) is 1.99. The number of thioether (sulfide) groups is 1. The van der Waals surface area contributed by atoms with Crippen LogP contribution in [0.25, 0.3) is 10.2 Å². The van der Waals surface area contributed by atoms with Crippen LogP contribution in [-0.4, -0.2) is 53.5 Å². The van der Waals surface area contributed by atoms with Crippen molar-refractivity contribution in [1.29, 1.82) is 0 Å². The lowest BCUT2D eigenvalue weighted by Crippen LogP contribution is -2.59. The fourth-order valence-electron chi connectivity index (χ4n) is 5.35. The van der Waals surface area contributed by atoms with Crippen molar-refractivity contribution < 1.29 is 14.3 Å². The molecule has 1 unspecified atom stereocenters. The van der Waals surface area contributed by atoms with Crippen molar-refractivity contribution in [3.8, 4) is 0 Å². The highest BCUT2D eigenvalue weighted by atomic mass is 32.2. The van der Waals surface area contributed by atoms with Gasteiger partial charge in [-0.25, -0.2) is 4.98 Å². The minimum absolute atomic E-state index is 0.0823. The second-order valence-electron chi connectivity index (χ2n) is 9.63. The molecule has 2 saturated heterocycles. The van der Waals surface area contributed by atoms with Gasteiger partial charge in [0.1, 0.15) is 21.2 Å². The van der Waals surface area contributed by atoms with Crippen molar-refractivity contribution in [2.45, 2.75) is 56.2 Å². The smallest absolute Gasteiger partial charge is 0.265 e. The lowest BCUT2D eigenvalue weighted by atomic mass is 9.93. The first kappa shape index (κ1) is 19.8. The summed E-state index contributed by atoms with van der Waals surface area (Å²) in [6.45, 7) is 9.58. The van der Waals surface area contributed by atoms with Crippen molar-refractivity contribution in [2.75, 3.05) is 36.1 Å². The average Bonchev–Trinajstić information content (AvgIpc) is 3.25. The van der Waals surface area contributed by atoms with Crippen LogP contribution in [0.4, 0.5) is 11.5 Å². The molecule has 9 heteroatoms. The summed E-state index contributed by atoms with van der Waals surface area (Å²) < 4.78 is 5.66. The molecule has 0 radical (unpaired) electrons.